The molecule has 4 atom stereocenters. The van der Waals surface area contributed by atoms with Crippen molar-refractivity contribution < 1.29 is 28.8 Å². The third kappa shape index (κ3) is 5.80. The predicted octanol–water partition coefficient (Wildman–Crippen LogP) is 2.72. The monoisotopic (exact) mass is 500 g/mol. The standard InChI is InChI=1S/C26H36N4O6/c1-17-12-21(29(14-17)25(34)36-26(2,3)4)22(31)13-27-23(32)20-11-10-19-15-28(20)24(33)30(19)35-16-18-8-6-5-7-9-18/h5-9,17,19-21H,10-16H2,1-4H3,(H,27,32)/t17-,19+,20-,21-/m0/s1. The lowest BCUT2D eigenvalue weighted by atomic mass is 10.00. The number of piperidine rings is 1. The number of likely N-dealkylation sites (tertiary alicyclic amines) is 1. The highest BCUT2D eigenvalue weighted by Crippen LogP contribution is 2.31. The molecule has 3 aliphatic heterocycles. The quantitative estimate of drug-likeness (QED) is 0.617. The molecule has 4 amide bonds. The number of hydrogen-bond acceptors (Lipinski definition) is 6. The Balaban J connectivity index is 1.31. The fraction of sp³-hybridized carbons (Fsp3) is 0.615. The molecule has 0 aliphatic carbocycles. The number of Topliss-reactive ketones (excluding diaryl/α,β-unsaturated/α-hetero) is 1. The van der Waals surface area contributed by atoms with Crippen molar-refractivity contribution in [3.8, 4) is 0 Å². The number of carbonyl (C=O) groups excluding carboxylic acids is 4. The second-order valence-electron chi connectivity index (χ2n) is 10.9. The number of ketones is 1. The fourth-order valence-electron chi connectivity index (χ4n) is 5.07. The van der Waals surface area contributed by atoms with Crippen LogP contribution in [0.4, 0.5) is 9.59 Å². The lowest BCUT2D eigenvalue weighted by molar-refractivity contribution is -0.140. The molecule has 1 aromatic carbocycles. The third-order valence-electron chi connectivity index (χ3n) is 6.79. The number of ether oxygens (including phenoxy) is 1. The molecule has 1 N–H and O–H groups in total. The number of benzene rings is 1. The molecule has 10 nitrogen and oxygen atoms in total. The number of fused-ring (bicyclic) bond motifs is 2. The number of carbonyl (C=O) groups is 4. The van der Waals surface area contributed by atoms with Crippen molar-refractivity contribution in [2.75, 3.05) is 19.6 Å². The van der Waals surface area contributed by atoms with Gasteiger partial charge in [-0.3, -0.25) is 19.3 Å². The van der Waals surface area contributed by atoms with E-state index in [1.54, 1.807) is 20.8 Å². The summed E-state index contributed by atoms with van der Waals surface area (Å²) in [5.41, 5.74) is 0.293. The molecule has 2 bridgehead atoms. The van der Waals surface area contributed by atoms with Crippen molar-refractivity contribution in [3.63, 3.8) is 0 Å². The van der Waals surface area contributed by atoms with Crippen LogP contribution >= 0.6 is 0 Å². The lowest BCUT2D eigenvalue weighted by Gasteiger charge is -2.30. The van der Waals surface area contributed by atoms with E-state index in [1.807, 2.05) is 37.3 Å². The number of nitrogens with zero attached hydrogens (tertiary/aromatic N) is 3. The highest BCUT2D eigenvalue weighted by atomic mass is 16.7. The number of nitrogens with one attached hydrogen (secondary N) is 1. The van der Waals surface area contributed by atoms with Crippen molar-refractivity contribution in [2.45, 2.75) is 77.3 Å². The molecule has 0 radical (unpaired) electrons. The summed E-state index contributed by atoms with van der Waals surface area (Å²) in [6, 6.07) is 7.86. The molecule has 1 aromatic rings. The van der Waals surface area contributed by atoms with E-state index >= 15 is 0 Å². The van der Waals surface area contributed by atoms with Crippen molar-refractivity contribution in [3.05, 3.63) is 35.9 Å². The van der Waals surface area contributed by atoms with Gasteiger partial charge in [-0.2, -0.15) is 5.06 Å². The number of hydrogen-bond donors (Lipinski definition) is 1. The van der Waals surface area contributed by atoms with Crippen molar-refractivity contribution in [1.29, 1.82) is 0 Å². The van der Waals surface area contributed by atoms with Gasteiger partial charge in [-0.05, 0) is 51.5 Å². The van der Waals surface area contributed by atoms with Gasteiger partial charge in [0, 0.05) is 13.1 Å². The topological polar surface area (TPSA) is 108 Å². The zero-order valence-electron chi connectivity index (χ0n) is 21.4. The minimum atomic E-state index is -0.662. The summed E-state index contributed by atoms with van der Waals surface area (Å²) in [7, 11) is 0. The largest absolute Gasteiger partial charge is 0.444 e. The van der Waals surface area contributed by atoms with E-state index in [1.165, 1.54) is 14.9 Å². The Kier molecular flexibility index (Phi) is 7.54. The number of rotatable bonds is 7. The highest BCUT2D eigenvalue weighted by Gasteiger charge is 2.48. The van der Waals surface area contributed by atoms with Crippen LogP contribution in [-0.2, 0) is 25.8 Å². The molecule has 3 fully saturated rings. The van der Waals surface area contributed by atoms with Gasteiger partial charge in [0.25, 0.3) is 0 Å². The van der Waals surface area contributed by atoms with E-state index in [0.29, 0.717) is 32.4 Å². The summed E-state index contributed by atoms with van der Waals surface area (Å²) in [5.74, 6) is -0.454. The van der Waals surface area contributed by atoms with Gasteiger partial charge in [-0.15, -0.1) is 0 Å². The first-order chi connectivity index (χ1) is 17.0. The average molecular weight is 501 g/mol. The summed E-state index contributed by atoms with van der Waals surface area (Å²) in [5, 5.41) is 4.09. The number of hydroxylamine groups is 2. The maximum Gasteiger partial charge on any atom is 0.410 e. The van der Waals surface area contributed by atoms with Gasteiger partial charge < -0.3 is 15.0 Å². The van der Waals surface area contributed by atoms with E-state index in [4.69, 9.17) is 9.57 Å². The van der Waals surface area contributed by atoms with Gasteiger partial charge in [-0.25, -0.2) is 9.59 Å². The van der Waals surface area contributed by atoms with Crippen LogP contribution in [-0.4, -0.2) is 82.0 Å². The molecule has 0 unspecified atom stereocenters. The zero-order chi connectivity index (χ0) is 26.0. The minimum Gasteiger partial charge on any atom is -0.444 e. The molecular formula is C26H36N4O6. The lowest BCUT2D eigenvalue weighted by Crippen LogP contribution is -2.52. The minimum absolute atomic E-state index is 0.103. The molecule has 0 saturated carbocycles. The zero-order valence-corrected chi connectivity index (χ0v) is 21.4. The van der Waals surface area contributed by atoms with Crippen molar-refractivity contribution in [2.24, 2.45) is 5.92 Å². The van der Waals surface area contributed by atoms with E-state index in [-0.39, 0.29) is 42.8 Å². The molecule has 3 saturated heterocycles. The van der Waals surface area contributed by atoms with Crippen LogP contribution in [0.15, 0.2) is 30.3 Å². The normalized spacial score (nSPS) is 25.8. The molecule has 4 rings (SSSR count). The fourth-order valence-corrected chi connectivity index (χ4v) is 5.07. The Morgan fingerprint density at radius 1 is 1.06 bits per heavy atom. The van der Waals surface area contributed by atoms with E-state index in [9.17, 15) is 19.2 Å². The summed E-state index contributed by atoms with van der Waals surface area (Å²) >= 11 is 0. The van der Waals surface area contributed by atoms with Crippen LogP contribution in [0, 0.1) is 5.92 Å². The van der Waals surface area contributed by atoms with E-state index in [0.717, 1.165) is 5.56 Å². The van der Waals surface area contributed by atoms with Crippen LogP contribution in [0.5, 0.6) is 0 Å². The number of amides is 4. The maximum absolute atomic E-state index is 13.0. The maximum atomic E-state index is 13.0. The summed E-state index contributed by atoms with van der Waals surface area (Å²) < 4.78 is 5.46. The Hall–Kier alpha value is -3.14. The molecule has 0 aromatic heterocycles. The first-order valence-electron chi connectivity index (χ1n) is 12.6. The van der Waals surface area contributed by atoms with Gasteiger partial charge >= 0.3 is 12.1 Å². The molecule has 3 heterocycles. The molecule has 0 spiro atoms. The van der Waals surface area contributed by atoms with Crippen molar-refractivity contribution in [1.82, 2.24) is 20.2 Å². The summed E-state index contributed by atoms with van der Waals surface area (Å²) in [4.78, 5) is 60.3. The summed E-state index contributed by atoms with van der Waals surface area (Å²) in [6.07, 6.45) is 1.13. The molecule has 196 valence electrons. The number of urea groups is 1. The highest BCUT2D eigenvalue weighted by molar-refractivity contribution is 5.94. The average Bonchev–Trinajstić information content (AvgIpc) is 3.33. The molecule has 10 heteroatoms. The Morgan fingerprint density at radius 2 is 1.78 bits per heavy atom. The molecular weight excluding hydrogens is 464 g/mol. The molecule has 36 heavy (non-hydrogen) atoms. The smallest absolute Gasteiger partial charge is 0.410 e. The van der Waals surface area contributed by atoms with Gasteiger partial charge in [0.05, 0.1) is 18.6 Å². The van der Waals surface area contributed by atoms with Crippen molar-refractivity contribution >= 4 is 23.8 Å². The second-order valence-corrected chi connectivity index (χ2v) is 10.9. The Bertz CT molecular complexity index is 994. The molecule has 3 aliphatic rings. The predicted molar refractivity (Wildman–Crippen MR) is 131 cm³/mol. The van der Waals surface area contributed by atoms with Crippen LogP contribution in [0.2, 0.25) is 0 Å². The van der Waals surface area contributed by atoms with Crippen LogP contribution < -0.4 is 5.32 Å². The second kappa shape index (κ2) is 10.5. The van der Waals surface area contributed by atoms with E-state index in [2.05, 4.69) is 5.32 Å². The Morgan fingerprint density at radius 3 is 2.47 bits per heavy atom. The van der Waals surface area contributed by atoms with Gasteiger partial charge in [0.1, 0.15) is 18.2 Å². The van der Waals surface area contributed by atoms with Crippen LogP contribution in [0.3, 0.4) is 0 Å². The van der Waals surface area contributed by atoms with Gasteiger partial charge in [-0.1, -0.05) is 37.3 Å². The first kappa shape index (κ1) is 25.9. The van der Waals surface area contributed by atoms with E-state index < -0.39 is 23.8 Å². The third-order valence-corrected chi connectivity index (χ3v) is 6.79. The van der Waals surface area contributed by atoms with Gasteiger partial charge in [0.2, 0.25) is 5.91 Å². The van der Waals surface area contributed by atoms with Gasteiger partial charge in [0.15, 0.2) is 5.78 Å². The van der Waals surface area contributed by atoms with Crippen LogP contribution in [0.25, 0.3) is 0 Å². The van der Waals surface area contributed by atoms with Crippen LogP contribution in [0.1, 0.15) is 52.5 Å². The SMILES string of the molecule is C[C@H]1C[C@@H](C(=O)CNC(=O)[C@@H]2CC[C@@H]3CN2C(=O)N3OCc2ccccc2)N(C(=O)OC(C)(C)C)C1. The Labute approximate surface area is 211 Å². The summed E-state index contributed by atoms with van der Waals surface area (Å²) in [6.45, 7) is 8.24. The first-order valence-corrected chi connectivity index (χ1v) is 12.6.